The van der Waals surface area contributed by atoms with Crippen LogP contribution in [0.3, 0.4) is 0 Å². The highest BCUT2D eigenvalue weighted by Gasteiger charge is 2.14. The van der Waals surface area contributed by atoms with E-state index in [-0.39, 0.29) is 5.57 Å². The van der Waals surface area contributed by atoms with Crippen molar-refractivity contribution in [2.45, 2.75) is 6.92 Å². The van der Waals surface area contributed by atoms with Gasteiger partial charge in [0.2, 0.25) is 0 Å². The van der Waals surface area contributed by atoms with Crippen molar-refractivity contribution in [2.75, 3.05) is 25.6 Å². The van der Waals surface area contributed by atoms with E-state index in [0.717, 1.165) is 0 Å². The number of benzene rings is 2. The van der Waals surface area contributed by atoms with Crippen LogP contribution in [0.2, 0.25) is 0 Å². The molecule has 0 spiro atoms. The number of amides is 1. The van der Waals surface area contributed by atoms with Crippen LogP contribution in [0.25, 0.3) is 6.08 Å². The van der Waals surface area contributed by atoms with E-state index in [9.17, 15) is 19.6 Å². The third-order valence-corrected chi connectivity index (χ3v) is 3.77. The Morgan fingerprint density at radius 2 is 1.73 bits per heavy atom. The number of nitrogens with zero attached hydrogens (tertiary/aromatic N) is 1. The van der Waals surface area contributed by atoms with Crippen LogP contribution < -0.4 is 10.1 Å². The SMILES string of the molecule is CCOc1ccc(/C=C(\C#N)C(=O)OCC(=O)Nc2ccc(C(=O)OC)cc2)cc1. The Morgan fingerprint density at radius 3 is 2.30 bits per heavy atom. The van der Waals surface area contributed by atoms with Crippen molar-refractivity contribution < 1.29 is 28.6 Å². The summed E-state index contributed by atoms with van der Waals surface area (Å²) in [5, 5.41) is 11.7. The van der Waals surface area contributed by atoms with Crippen molar-refractivity contribution in [3.8, 4) is 11.8 Å². The summed E-state index contributed by atoms with van der Waals surface area (Å²) in [6, 6.07) is 14.6. The van der Waals surface area contributed by atoms with E-state index in [1.165, 1.54) is 37.5 Å². The molecule has 0 aliphatic heterocycles. The number of anilines is 1. The Morgan fingerprint density at radius 1 is 1.07 bits per heavy atom. The van der Waals surface area contributed by atoms with Gasteiger partial charge in [-0.15, -0.1) is 0 Å². The number of nitriles is 1. The molecule has 0 aromatic heterocycles. The molecule has 2 aromatic carbocycles. The number of nitrogens with one attached hydrogen (secondary N) is 1. The zero-order valence-electron chi connectivity index (χ0n) is 16.5. The van der Waals surface area contributed by atoms with Crippen molar-refractivity contribution in [3.63, 3.8) is 0 Å². The molecular weight excluding hydrogens is 388 g/mol. The number of rotatable bonds is 8. The van der Waals surface area contributed by atoms with Crippen LogP contribution >= 0.6 is 0 Å². The predicted octanol–water partition coefficient (Wildman–Crippen LogP) is 2.96. The summed E-state index contributed by atoms with van der Waals surface area (Å²) in [6.07, 6.45) is 1.36. The molecule has 0 fully saturated rings. The molecule has 0 saturated carbocycles. The van der Waals surface area contributed by atoms with E-state index in [1.807, 2.05) is 6.92 Å². The predicted molar refractivity (Wildman–Crippen MR) is 109 cm³/mol. The van der Waals surface area contributed by atoms with Crippen LogP contribution in [0.5, 0.6) is 5.75 Å². The summed E-state index contributed by atoms with van der Waals surface area (Å²) in [6.45, 7) is 1.83. The molecule has 0 bridgehead atoms. The molecule has 8 heteroatoms. The van der Waals surface area contributed by atoms with Gasteiger partial charge in [0.05, 0.1) is 19.3 Å². The molecule has 30 heavy (non-hydrogen) atoms. The Hall–Kier alpha value is -4.12. The monoisotopic (exact) mass is 408 g/mol. The zero-order chi connectivity index (χ0) is 21.9. The normalized spacial score (nSPS) is 10.5. The molecule has 0 unspecified atom stereocenters. The third-order valence-electron chi connectivity index (χ3n) is 3.77. The van der Waals surface area contributed by atoms with Crippen molar-refractivity contribution in [1.29, 1.82) is 5.26 Å². The number of hydrogen-bond donors (Lipinski definition) is 1. The second-order valence-corrected chi connectivity index (χ2v) is 5.87. The highest BCUT2D eigenvalue weighted by atomic mass is 16.5. The lowest BCUT2D eigenvalue weighted by Crippen LogP contribution is -2.21. The molecule has 1 N–H and O–H groups in total. The lowest BCUT2D eigenvalue weighted by Gasteiger charge is -2.07. The van der Waals surface area contributed by atoms with Gasteiger partial charge in [-0.25, -0.2) is 9.59 Å². The largest absolute Gasteiger partial charge is 0.494 e. The molecule has 0 radical (unpaired) electrons. The Labute approximate surface area is 173 Å². The van der Waals surface area contributed by atoms with Crippen molar-refractivity contribution in [2.24, 2.45) is 0 Å². The maximum Gasteiger partial charge on any atom is 0.349 e. The van der Waals surface area contributed by atoms with Crippen molar-refractivity contribution in [3.05, 3.63) is 65.2 Å². The van der Waals surface area contributed by atoms with E-state index in [2.05, 4.69) is 10.1 Å². The average Bonchev–Trinajstić information content (AvgIpc) is 2.77. The minimum Gasteiger partial charge on any atom is -0.494 e. The number of ether oxygens (including phenoxy) is 3. The Bertz CT molecular complexity index is 972. The van der Waals surface area contributed by atoms with Gasteiger partial charge < -0.3 is 19.5 Å². The van der Waals surface area contributed by atoms with E-state index in [0.29, 0.717) is 29.2 Å². The number of esters is 2. The van der Waals surface area contributed by atoms with Crippen LogP contribution in [0.4, 0.5) is 5.69 Å². The summed E-state index contributed by atoms with van der Waals surface area (Å²) < 4.78 is 14.8. The third kappa shape index (κ3) is 6.49. The van der Waals surface area contributed by atoms with Crippen LogP contribution in [-0.2, 0) is 19.1 Å². The summed E-state index contributed by atoms with van der Waals surface area (Å²) in [5.74, 6) is -1.33. The van der Waals surface area contributed by atoms with E-state index in [1.54, 1.807) is 30.3 Å². The van der Waals surface area contributed by atoms with E-state index in [4.69, 9.17) is 9.47 Å². The fourth-order valence-corrected chi connectivity index (χ4v) is 2.34. The van der Waals surface area contributed by atoms with Gasteiger partial charge >= 0.3 is 11.9 Å². The number of carbonyl (C=O) groups is 3. The maximum absolute atomic E-state index is 12.1. The zero-order valence-corrected chi connectivity index (χ0v) is 16.5. The summed E-state index contributed by atoms with van der Waals surface area (Å²) in [7, 11) is 1.27. The highest BCUT2D eigenvalue weighted by molar-refractivity contribution is 6.00. The maximum atomic E-state index is 12.1. The van der Waals surface area contributed by atoms with Crippen molar-refractivity contribution >= 4 is 29.6 Å². The van der Waals surface area contributed by atoms with Gasteiger partial charge in [0, 0.05) is 5.69 Å². The second kappa shape index (κ2) is 11.0. The topological polar surface area (TPSA) is 115 Å². The molecule has 8 nitrogen and oxygen atoms in total. The van der Waals surface area contributed by atoms with Gasteiger partial charge in [-0.2, -0.15) is 5.26 Å². The van der Waals surface area contributed by atoms with E-state index >= 15 is 0 Å². The Kier molecular flexibility index (Phi) is 8.15. The quantitative estimate of drug-likeness (QED) is 0.406. The molecule has 2 rings (SSSR count). The first kappa shape index (κ1) is 22.2. The highest BCUT2D eigenvalue weighted by Crippen LogP contribution is 2.15. The fourth-order valence-electron chi connectivity index (χ4n) is 2.34. The number of hydrogen-bond acceptors (Lipinski definition) is 7. The van der Waals surface area contributed by atoms with Crippen LogP contribution in [-0.4, -0.2) is 38.2 Å². The van der Waals surface area contributed by atoms with Gasteiger partial charge in [-0.05, 0) is 55.0 Å². The molecule has 0 heterocycles. The number of methoxy groups -OCH3 is 1. The van der Waals surface area contributed by atoms with Crippen LogP contribution in [0.15, 0.2) is 54.1 Å². The lowest BCUT2D eigenvalue weighted by atomic mass is 10.1. The molecular formula is C22H20N2O6. The first-order valence-electron chi connectivity index (χ1n) is 8.96. The minimum atomic E-state index is -0.914. The van der Waals surface area contributed by atoms with Crippen LogP contribution in [0, 0.1) is 11.3 Å². The van der Waals surface area contributed by atoms with Crippen molar-refractivity contribution in [1.82, 2.24) is 0 Å². The first-order valence-corrected chi connectivity index (χ1v) is 8.96. The van der Waals surface area contributed by atoms with E-state index < -0.39 is 24.5 Å². The average molecular weight is 408 g/mol. The van der Waals surface area contributed by atoms with Crippen LogP contribution in [0.1, 0.15) is 22.8 Å². The second-order valence-electron chi connectivity index (χ2n) is 5.87. The summed E-state index contributed by atoms with van der Waals surface area (Å²) in [5.41, 5.74) is 1.12. The minimum absolute atomic E-state index is 0.241. The number of carbonyl (C=O) groups excluding carboxylic acids is 3. The standard InChI is InChI=1S/C22H20N2O6/c1-3-29-19-10-4-15(5-11-19)12-17(13-23)22(27)30-14-20(25)24-18-8-6-16(7-9-18)21(26)28-2/h4-12H,3,14H2,1-2H3,(H,24,25)/b17-12+. The molecule has 0 atom stereocenters. The molecule has 0 aliphatic rings. The van der Waals surface area contributed by atoms with Gasteiger partial charge in [-0.1, -0.05) is 12.1 Å². The molecule has 1 amide bonds. The summed E-state index contributed by atoms with van der Waals surface area (Å²) in [4.78, 5) is 35.4. The molecule has 2 aromatic rings. The molecule has 0 saturated heterocycles. The van der Waals surface area contributed by atoms with Gasteiger partial charge in [0.25, 0.3) is 5.91 Å². The summed E-state index contributed by atoms with van der Waals surface area (Å²) >= 11 is 0. The van der Waals surface area contributed by atoms with Gasteiger partial charge in [-0.3, -0.25) is 4.79 Å². The van der Waals surface area contributed by atoms with Gasteiger partial charge in [0.15, 0.2) is 6.61 Å². The van der Waals surface area contributed by atoms with Gasteiger partial charge in [0.1, 0.15) is 17.4 Å². The Balaban J connectivity index is 1.91. The smallest absolute Gasteiger partial charge is 0.349 e. The fraction of sp³-hybridized carbons (Fsp3) is 0.182. The first-order chi connectivity index (χ1) is 14.5. The molecule has 0 aliphatic carbocycles. The molecule has 154 valence electrons. The lowest BCUT2D eigenvalue weighted by molar-refractivity contribution is -0.142.